The van der Waals surface area contributed by atoms with Crippen LogP contribution < -0.4 is 5.32 Å². The maximum Gasteiger partial charge on any atom is 0.267 e. The van der Waals surface area contributed by atoms with Gasteiger partial charge in [0, 0.05) is 17.8 Å². The van der Waals surface area contributed by atoms with E-state index in [9.17, 15) is 13.2 Å². The van der Waals surface area contributed by atoms with Gasteiger partial charge in [-0.1, -0.05) is 12.1 Å². The van der Waals surface area contributed by atoms with Gasteiger partial charge < -0.3 is 0 Å². The van der Waals surface area contributed by atoms with Crippen molar-refractivity contribution in [3.05, 3.63) is 50.5 Å². The highest BCUT2D eigenvalue weighted by atomic mass is 32.2. The standard InChI is InChI=1S/C15H13N3O3S4/c19-14(11-3-1-7-22-11)17-15-16-10-5-6-18(9-12(10)24-15)25(20,21)13-4-2-8-23-13/h1-4,7-8H,5-6,9H2,(H,16,17,19). The zero-order chi connectivity index (χ0) is 17.4. The summed E-state index contributed by atoms with van der Waals surface area (Å²) >= 11 is 3.92. The molecule has 130 valence electrons. The fourth-order valence-electron chi connectivity index (χ4n) is 2.53. The number of nitrogens with one attached hydrogen (secondary N) is 1. The third-order valence-corrected chi connectivity index (χ3v) is 8.84. The van der Waals surface area contributed by atoms with Gasteiger partial charge in [-0.25, -0.2) is 13.4 Å². The largest absolute Gasteiger partial charge is 0.297 e. The van der Waals surface area contributed by atoms with Crippen LogP contribution in [0.2, 0.25) is 0 Å². The summed E-state index contributed by atoms with van der Waals surface area (Å²) in [5.41, 5.74) is 0.865. The van der Waals surface area contributed by atoms with Gasteiger partial charge in [-0.15, -0.1) is 34.0 Å². The van der Waals surface area contributed by atoms with E-state index in [2.05, 4.69) is 10.3 Å². The molecule has 0 bridgehead atoms. The summed E-state index contributed by atoms with van der Waals surface area (Å²) in [4.78, 5) is 18.1. The second-order valence-electron chi connectivity index (χ2n) is 5.34. The van der Waals surface area contributed by atoms with Gasteiger partial charge in [-0.2, -0.15) is 4.31 Å². The molecule has 1 N–H and O–H groups in total. The molecule has 1 aliphatic heterocycles. The van der Waals surface area contributed by atoms with E-state index in [-0.39, 0.29) is 5.91 Å². The molecule has 0 aromatic carbocycles. The lowest BCUT2D eigenvalue weighted by molar-refractivity contribution is 0.103. The Bertz CT molecular complexity index is 991. The molecule has 1 amide bonds. The van der Waals surface area contributed by atoms with Crippen LogP contribution in [0.15, 0.2) is 39.2 Å². The molecule has 0 aliphatic carbocycles. The molecule has 6 nitrogen and oxygen atoms in total. The highest BCUT2D eigenvalue weighted by molar-refractivity contribution is 7.91. The summed E-state index contributed by atoms with van der Waals surface area (Å²) < 4.78 is 27.1. The third kappa shape index (κ3) is 3.27. The van der Waals surface area contributed by atoms with E-state index in [4.69, 9.17) is 0 Å². The molecule has 3 aromatic rings. The molecule has 4 rings (SSSR count). The highest BCUT2D eigenvalue weighted by Crippen LogP contribution is 2.32. The number of aromatic nitrogens is 1. The van der Waals surface area contributed by atoms with Gasteiger partial charge in [-0.3, -0.25) is 10.1 Å². The summed E-state index contributed by atoms with van der Waals surface area (Å²) in [6.07, 6.45) is 0.547. The predicted molar refractivity (Wildman–Crippen MR) is 100 cm³/mol. The van der Waals surface area contributed by atoms with Crippen molar-refractivity contribution in [3.8, 4) is 0 Å². The van der Waals surface area contributed by atoms with Crippen molar-refractivity contribution in [1.82, 2.24) is 9.29 Å². The van der Waals surface area contributed by atoms with E-state index in [0.717, 1.165) is 10.6 Å². The van der Waals surface area contributed by atoms with Gasteiger partial charge in [0.05, 0.1) is 17.1 Å². The molecule has 0 unspecified atom stereocenters. The monoisotopic (exact) mass is 411 g/mol. The van der Waals surface area contributed by atoms with Crippen LogP contribution in [-0.4, -0.2) is 30.2 Å². The van der Waals surface area contributed by atoms with Crippen molar-refractivity contribution >= 4 is 55.1 Å². The Hall–Kier alpha value is -1.59. The van der Waals surface area contributed by atoms with Crippen molar-refractivity contribution in [3.63, 3.8) is 0 Å². The van der Waals surface area contributed by atoms with Gasteiger partial charge >= 0.3 is 0 Å². The van der Waals surface area contributed by atoms with E-state index in [1.54, 1.807) is 23.6 Å². The summed E-state index contributed by atoms with van der Waals surface area (Å²) in [7, 11) is -3.47. The number of carbonyl (C=O) groups is 1. The van der Waals surface area contributed by atoms with Gasteiger partial charge in [0.2, 0.25) is 0 Å². The highest BCUT2D eigenvalue weighted by Gasteiger charge is 2.31. The Labute approximate surface area is 156 Å². The van der Waals surface area contributed by atoms with E-state index in [1.165, 1.54) is 38.3 Å². The molecule has 0 atom stereocenters. The van der Waals surface area contributed by atoms with E-state index in [0.29, 0.717) is 33.7 Å². The molecular formula is C15H13N3O3S4. The number of sulfonamides is 1. The molecule has 25 heavy (non-hydrogen) atoms. The Kier molecular flexibility index (Phi) is 4.46. The van der Waals surface area contributed by atoms with E-state index >= 15 is 0 Å². The summed E-state index contributed by atoms with van der Waals surface area (Å²) in [6, 6.07) is 6.93. The first-order valence-electron chi connectivity index (χ1n) is 7.41. The maximum atomic E-state index is 12.7. The van der Waals surface area contributed by atoms with E-state index in [1.807, 2.05) is 11.4 Å². The number of hydrogen-bond acceptors (Lipinski definition) is 7. The van der Waals surface area contributed by atoms with Crippen LogP contribution in [0.3, 0.4) is 0 Å². The third-order valence-electron chi connectivity index (χ3n) is 3.75. The Balaban J connectivity index is 1.52. The molecule has 0 radical (unpaired) electrons. The normalized spacial score (nSPS) is 15.0. The quantitative estimate of drug-likeness (QED) is 0.715. The Morgan fingerprint density at radius 2 is 2.00 bits per heavy atom. The van der Waals surface area contributed by atoms with Crippen molar-refractivity contribution in [1.29, 1.82) is 0 Å². The zero-order valence-electron chi connectivity index (χ0n) is 12.8. The lowest BCUT2D eigenvalue weighted by Gasteiger charge is -2.24. The molecule has 3 aromatic heterocycles. The van der Waals surface area contributed by atoms with Crippen molar-refractivity contribution in [2.24, 2.45) is 0 Å². The van der Waals surface area contributed by atoms with Gasteiger partial charge in [-0.05, 0) is 22.9 Å². The van der Waals surface area contributed by atoms with E-state index < -0.39 is 10.0 Å². The lowest BCUT2D eigenvalue weighted by Crippen LogP contribution is -2.35. The fraction of sp³-hybridized carbons (Fsp3) is 0.200. The minimum Gasteiger partial charge on any atom is -0.297 e. The number of nitrogens with zero attached hydrogens (tertiary/aromatic N) is 2. The van der Waals surface area contributed by atoms with Crippen LogP contribution in [-0.2, 0) is 23.0 Å². The van der Waals surface area contributed by atoms with Crippen molar-refractivity contribution in [2.45, 2.75) is 17.2 Å². The number of anilines is 1. The molecule has 0 saturated carbocycles. The zero-order valence-corrected chi connectivity index (χ0v) is 16.1. The minimum absolute atomic E-state index is 0.191. The number of carbonyl (C=O) groups excluding carboxylic acids is 1. The van der Waals surface area contributed by atoms with Crippen LogP contribution in [0.1, 0.15) is 20.2 Å². The number of thiophene rings is 2. The first-order valence-corrected chi connectivity index (χ1v) is 11.4. The number of hydrogen-bond donors (Lipinski definition) is 1. The van der Waals surface area contributed by atoms with Crippen LogP contribution in [0.5, 0.6) is 0 Å². The molecule has 4 heterocycles. The number of fused-ring (bicyclic) bond motifs is 1. The van der Waals surface area contributed by atoms with Crippen LogP contribution >= 0.6 is 34.0 Å². The second kappa shape index (κ2) is 6.61. The van der Waals surface area contributed by atoms with Gasteiger partial charge in [0.1, 0.15) is 4.21 Å². The summed E-state index contributed by atoms with van der Waals surface area (Å²) in [5, 5.41) is 6.91. The number of rotatable bonds is 4. The first kappa shape index (κ1) is 16.9. The SMILES string of the molecule is O=C(Nc1nc2c(s1)CN(S(=O)(=O)c1cccs1)CC2)c1cccs1. The smallest absolute Gasteiger partial charge is 0.267 e. The van der Waals surface area contributed by atoms with Gasteiger partial charge in [0.15, 0.2) is 5.13 Å². The Morgan fingerprint density at radius 1 is 1.20 bits per heavy atom. The molecule has 0 spiro atoms. The molecule has 0 fully saturated rings. The topological polar surface area (TPSA) is 79.4 Å². The van der Waals surface area contributed by atoms with Gasteiger partial charge in [0.25, 0.3) is 15.9 Å². The second-order valence-corrected chi connectivity index (χ2v) is 10.5. The lowest BCUT2D eigenvalue weighted by atomic mass is 10.2. The average molecular weight is 412 g/mol. The molecule has 1 aliphatic rings. The molecular weight excluding hydrogens is 398 g/mol. The number of amides is 1. The Morgan fingerprint density at radius 3 is 2.72 bits per heavy atom. The molecule has 0 saturated heterocycles. The summed E-state index contributed by atoms with van der Waals surface area (Å²) in [5.74, 6) is -0.191. The molecule has 10 heteroatoms. The van der Waals surface area contributed by atoms with Crippen LogP contribution in [0.4, 0.5) is 5.13 Å². The predicted octanol–water partition coefficient (Wildman–Crippen LogP) is 3.27. The van der Waals surface area contributed by atoms with Crippen molar-refractivity contribution < 1.29 is 13.2 Å². The van der Waals surface area contributed by atoms with Crippen molar-refractivity contribution in [2.75, 3.05) is 11.9 Å². The van der Waals surface area contributed by atoms with Crippen LogP contribution in [0, 0.1) is 0 Å². The minimum atomic E-state index is -3.47. The maximum absolute atomic E-state index is 12.7. The fourth-order valence-corrected chi connectivity index (χ4v) is 6.81. The number of thiazole rings is 1. The average Bonchev–Trinajstić information content (AvgIpc) is 3.33. The van der Waals surface area contributed by atoms with Crippen LogP contribution in [0.25, 0.3) is 0 Å². The summed E-state index contributed by atoms with van der Waals surface area (Å²) in [6.45, 7) is 0.692. The first-order chi connectivity index (χ1) is 12.0.